The SMILES string of the molecule is C1CCCC1.C1CCCC1.C1CCCC1.CCN(CC)c1ccc(/C=C/C2=[N+](CCCCCCC3CCCC3)c3ccc([N+](=O)[O-])cc3C2(C)CC(=O)Oc2ccccc2)cc1.CCOC(=O)CC1(C)C(/C=C/c2ccc(N(CC)CC)cc2)=[N+](CCCCC2CCCC2)c2cc(Cl)c(Cl)cc21.[C-]#[N+]c1ccc2c(c1)C(CC#N)(CCCCCC)C(/C=C/c1ccc(N(CC)CC)cc1)=[N+]2C1CCCC1.[CH3-].[CH3-].[CH3-].[CH3-].[CH3-].[CH3-].[Fe+2].[Fe+2].[Fe+2]. The number of benzene rings is 7. The summed E-state index contributed by atoms with van der Waals surface area (Å²) >= 11 is 13.1. The summed E-state index contributed by atoms with van der Waals surface area (Å²) in [5.74, 6) is 1.70. The van der Waals surface area contributed by atoms with Crippen LogP contribution in [0.5, 0.6) is 5.75 Å². The van der Waals surface area contributed by atoms with Crippen LogP contribution in [0.25, 0.3) is 23.1 Å². The zero-order valence-electron chi connectivity index (χ0n) is 94.2. The van der Waals surface area contributed by atoms with Crippen LogP contribution in [-0.2, 0) is 81.8 Å². The van der Waals surface area contributed by atoms with E-state index in [-0.39, 0.29) is 137 Å². The number of unbranched alkanes of at least 4 members (excludes halogenated alkanes) is 7. The van der Waals surface area contributed by atoms with Crippen LogP contribution in [0.1, 0.15) is 379 Å². The van der Waals surface area contributed by atoms with Crippen molar-refractivity contribution in [2.24, 2.45) is 11.8 Å². The van der Waals surface area contributed by atoms with Gasteiger partial charge in [-0.05, 0) is 214 Å². The first-order chi connectivity index (χ1) is 68.2. The fourth-order valence-corrected chi connectivity index (χ4v) is 23.5. The molecule has 149 heavy (non-hydrogen) atoms. The third kappa shape index (κ3) is 38.9. The summed E-state index contributed by atoms with van der Waals surface area (Å²) < 4.78 is 18.4. The van der Waals surface area contributed by atoms with E-state index in [1.165, 1.54) is 264 Å². The topological polar surface area (TPSA) is 143 Å². The number of para-hydroxylation sites is 1. The molecule has 0 radical (unpaired) electrons. The molecule has 6 fully saturated rings. The van der Waals surface area contributed by atoms with Gasteiger partial charge in [-0.25, -0.2) is 4.85 Å². The minimum absolute atomic E-state index is 0. The molecule has 9 aliphatic rings. The van der Waals surface area contributed by atoms with E-state index >= 15 is 0 Å². The Bertz CT molecular complexity index is 5290. The standard InChI is InChI=1S/C40H50N3O4.C34H45Cl2N2O2.C34H43N4.3C5H10.6CH3.3Fe/c1-4-41(5-2)33-23-20-32(21-24-33)22-27-38-40(3,30-39(44)47-35-18-10-8-11-19-35)36-29-34(43(45)46)25-26-37(36)42(38)28-14-7-6-9-15-31-16-12-13-17-31;1-5-37(6-2)27-18-15-26(16-19-27)17-20-32-34(4,24-33(39)40-7-3)28-22-29(35)30(36)23-31(28)38(32)21-11-10-14-25-12-8-9-13-25;1-5-8-9-12-23-34(24-25-35)31-26-28(36-4)18-21-32(31)38(30-13-10-11-14-30)33(34)22-17-27-15-19-29(20-16-27)37(6-2)7-3;3*1-2-4-5-3-1;;;;;;;;;/h8,10-11,18-27,29,31H,4-7,9,12-17,28,30H2,1-3H3;15-20,22-23,25H,5-14,21,24H2,1-4H3;15-22,26,30H,5-14,23-24H2,1-3H3;3*1-5H2;6*1H3;;;/q3*+1;;;;6*-1;3*+2. The first-order valence-electron chi connectivity index (χ1n) is 54.9. The number of ether oxygens (including phenoxy) is 2. The molecule has 3 atom stereocenters. The van der Waals surface area contributed by atoms with Crippen molar-refractivity contribution >= 4 is 116 Å². The number of non-ortho nitro benzene ring substituents is 1. The maximum absolute atomic E-state index is 13.5. The maximum Gasteiger partial charge on any atom is 2.00 e. The van der Waals surface area contributed by atoms with Crippen LogP contribution < -0.4 is 19.4 Å². The normalized spacial score (nSPS) is 18.0. The van der Waals surface area contributed by atoms with E-state index in [0.29, 0.717) is 40.6 Å². The minimum atomic E-state index is -0.826. The second-order valence-electron chi connectivity index (χ2n) is 40.8. The average Bonchev–Trinajstić information content (AvgIpc) is 1.57. The van der Waals surface area contributed by atoms with E-state index in [1.807, 2.05) is 56.3 Å². The molecule has 0 spiro atoms. The molecule has 16 rings (SSSR count). The minimum Gasteiger partial charge on any atom is -0.466 e. The Kier molecular flexibility index (Phi) is 66.3. The Balaban J connectivity index is 0.000000684. The van der Waals surface area contributed by atoms with Gasteiger partial charge in [-0.1, -0.05) is 284 Å². The van der Waals surface area contributed by atoms with Gasteiger partial charge in [0.2, 0.25) is 17.1 Å². The van der Waals surface area contributed by atoms with Gasteiger partial charge >= 0.3 is 63.1 Å². The zero-order chi connectivity index (χ0) is 99.5. The van der Waals surface area contributed by atoms with Crippen LogP contribution in [0.2, 0.25) is 10.0 Å². The molecule has 818 valence electrons. The molecule has 0 saturated heterocycles. The molecule has 0 bridgehead atoms. The van der Waals surface area contributed by atoms with Gasteiger partial charge in [-0.15, -0.1) is 0 Å². The largest absolute Gasteiger partial charge is 2.00 e. The quantitative estimate of drug-likeness (QED) is 0.00531. The molecule has 3 unspecified atom stereocenters. The fourth-order valence-electron chi connectivity index (χ4n) is 23.2. The predicted octanol–water partition coefficient (Wildman–Crippen LogP) is 36.4. The van der Waals surface area contributed by atoms with Gasteiger partial charge in [0.1, 0.15) is 18.8 Å². The van der Waals surface area contributed by atoms with E-state index < -0.39 is 10.8 Å². The number of halogens is 2. The molecule has 6 saturated carbocycles. The molecule has 3 aliphatic heterocycles. The van der Waals surface area contributed by atoms with Crippen molar-refractivity contribution in [2.75, 3.05) is 73.7 Å². The molecule has 6 aliphatic carbocycles. The first kappa shape index (κ1) is 137. The Morgan fingerprint density at radius 3 is 1.26 bits per heavy atom. The number of nitro benzene ring substituents is 1. The van der Waals surface area contributed by atoms with Crippen LogP contribution in [0.3, 0.4) is 0 Å². The Morgan fingerprint density at radius 1 is 0.450 bits per heavy atom. The number of hydrogen-bond donors (Lipinski definition) is 0. The number of carbonyl (C=O) groups excluding carboxylic acids is 2. The maximum atomic E-state index is 13.5. The van der Waals surface area contributed by atoms with Crippen molar-refractivity contribution in [3.05, 3.63) is 279 Å². The second kappa shape index (κ2) is 72.3. The van der Waals surface area contributed by atoms with E-state index in [1.54, 1.807) is 24.3 Å². The number of esters is 2. The second-order valence-corrected chi connectivity index (χ2v) is 41.6. The molecule has 3 heterocycles. The van der Waals surface area contributed by atoms with Crippen LogP contribution in [0.4, 0.5) is 45.5 Å². The molecule has 0 N–H and O–H groups in total. The summed E-state index contributed by atoms with van der Waals surface area (Å²) in [5, 5.41) is 23.1. The smallest absolute Gasteiger partial charge is 0.466 e. The van der Waals surface area contributed by atoms with E-state index in [9.17, 15) is 25.0 Å². The van der Waals surface area contributed by atoms with E-state index in [0.717, 1.165) is 141 Å². The van der Waals surface area contributed by atoms with E-state index in [4.69, 9.17) is 39.2 Å². The van der Waals surface area contributed by atoms with Crippen LogP contribution in [0, 0.1) is 84.4 Å². The van der Waals surface area contributed by atoms with Crippen molar-refractivity contribution in [3.63, 3.8) is 0 Å². The van der Waals surface area contributed by atoms with Gasteiger partial charge < -0.3 is 68.7 Å². The molecule has 0 amide bonds. The number of allylic oxidation sites excluding steroid dienone is 3. The van der Waals surface area contributed by atoms with Crippen molar-refractivity contribution in [1.29, 1.82) is 5.26 Å². The van der Waals surface area contributed by atoms with Gasteiger partial charge in [-0.2, -0.15) is 19.0 Å². The number of anilines is 3. The molecule has 7 aromatic rings. The third-order valence-corrected chi connectivity index (χ3v) is 31.9. The van der Waals surface area contributed by atoms with Crippen LogP contribution in [0.15, 0.2) is 170 Å². The first-order valence-corrected chi connectivity index (χ1v) is 55.6. The van der Waals surface area contributed by atoms with Gasteiger partial charge in [0, 0.05) is 141 Å². The fraction of sp³-hybridized carbons (Fsp3) is 0.527. The monoisotopic (exact) mass is 2200 g/mol. The van der Waals surface area contributed by atoms with Crippen molar-refractivity contribution in [1.82, 2.24) is 0 Å². The van der Waals surface area contributed by atoms with Crippen LogP contribution in [-0.4, -0.2) is 113 Å². The number of rotatable bonds is 41. The van der Waals surface area contributed by atoms with Crippen LogP contribution >= 0.6 is 23.2 Å². The summed E-state index contributed by atoms with van der Waals surface area (Å²) in [4.78, 5) is 48.8. The molecular weight excluding hydrogens is 2010 g/mol. The third-order valence-electron chi connectivity index (χ3n) is 31.2. The number of fused-ring (bicyclic) bond motifs is 3. The van der Waals surface area contributed by atoms with E-state index in [2.05, 4.69) is 216 Å². The number of carbonyl (C=O) groups is 2. The van der Waals surface area contributed by atoms with Crippen molar-refractivity contribution in [2.45, 2.75) is 368 Å². The number of hydrogen-bond acceptors (Lipinski definition) is 10. The molecular formula is C129H186Cl2Fe3N9O6+3. The Hall–Kier alpha value is -8.37. The van der Waals surface area contributed by atoms with Gasteiger partial charge in [0.05, 0.1) is 69.7 Å². The van der Waals surface area contributed by atoms with Crippen molar-refractivity contribution in [3.8, 4) is 11.8 Å². The number of nitro groups is 1. The summed E-state index contributed by atoms with van der Waals surface area (Å²) in [7, 11) is 0. The van der Waals surface area contributed by atoms with Gasteiger partial charge in [-0.3, -0.25) is 19.7 Å². The molecule has 20 heteroatoms. The summed E-state index contributed by atoms with van der Waals surface area (Å²) in [6.07, 6.45) is 67.4. The summed E-state index contributed by atoms with van der Waals surface area (Å²) in [6.45, 7) is 36.8. The Labute approximate surface area is 947 Å². The Morgan fingerprint density at radius 2 is 0.839 bits per heavy atom. The molecule has 7 aromatic carbocycles. The predicted molar refractivity (Wildman–Crippen MR) is 628 cm³/mol. The number of nitrogens with zero attached hydrogens (tertiary/aromatic N) is 9. The molecule has 15 nitrogen and oxygen atoms in total. The van der Waals surface area contributed by atoms with Crippen molar-refractivity contribution < 1.29 is 88.9 Å². The average molecular weight is 2200 g/mol. The summed E-state index contributed by atoms with van der Waals surface area (Å²) in [6, 6.07) is 53.3. The molecule has 0 aromatic heterocycles. The van der Waals surface area contributed by atoms with Gasteiger partial charge in [0.15, 0.2) is 28.9 Å². The van der Waals surface area contributed by atoms with Gasteiger partial charge in [0.25, 0.3) is 5.69 Å². The number of nitriles is 1. The zero-order valence-corrected chi connectivity index (χ0v) is 99.0. The summed E-state index contributed by atoms with van der Waals surface area (Å²) in [5.41, 5.74) is 15.4.